The van der Waals surface area contributed by atoms with Crippen molar-refractivity contribution in [3.05, 3.63) is 0 Å². The van der Waals surface area contributed by atoms with Crippen molar-refractivity contribution in [3.8, 4) is 0 Å². The number of carbonyl (C=O) groups excluding carboxylic acids is 4. The second-order valence-corrected chi connectivity index (χ2v) is 7.48. The maximum Gasteiger partial charge on any atom is 0.227 e. The van der Waals surface area contributed by atoms with E-state index < -0.39 is 46.3 Å². The van der Waals surface area contributed by atoms with Gasteiger partial charge in [0.15, 0.2) is 12.0 Å². The third-order valence-corrected chi connectivity index (χ3v) is 5.36. The van der Waals surface area contributed by atoms with E-state index in [1.54, 1.807) is 27.7 Å². The van der Waals surface area contributed by atoms with Crippen LogP contribution in [0.15, 0.2) is 0 Å². The molecule has 0 aliphatic carbocycles. The number of thioether (sulfide) groups is 1. The number of halogens is 1. The number of hydrogen-bond donors (Lipinski definition) is 1. The summed E-state index contributed by atoms with van der Waals surface area (Å²) in [5.41, 5.74) is -2.05. The number of ketones is 2. The van der Waals surface area contributed by atoms with Crippen LogP contribution in [0.25, 0.3) is 0 Å². The monoisotopic (exact) mass is 347 g/mol. The highest BCUT2D eigenvalue weighted by molar-refractivity contribution is 8.13. The molecular weight excluding hydrogens is 321 g/mol. The number of carbonyl (C=O) groups is 4. The third-order valence-electron chi connectivity index (χ3n) is 4.71. The Hall–Kier alpha value is -1.24. The van der Waals surface area contributed by atoms with E-state index in [0.29, 0.717) is 0 Å². The second-order valence-electron chi connectivity index (χ2n) is 6.67. The van der Waals surface area contributed by atoms with E-state index >= 15 is 0 Å². The summed E-state index contributed by atoms with van der Waals surface area (Å²) in [5, 5.41) is 1.80. The van der Waals surface area contributed by atoms with Crippen molar-refractivity contribution in [2.24, 2.45) is 10.8 Å². The summed E-state index contributed by atoms with van der Waals surface area (Å²) in [7, 11) is 0. The Labute approximate surface area is 141 Å². The zero-order valence-corrected chi connectivity index (χ0v) is 15.6. The van der Waals surface area contributed by atoms with E-state index in [1.165, 1.54) is 20.1 Å². The van der Waals surface area contributed by atoms with Gasteiger partial charge in [-0.2, -0.15) is 0 Å². The van der Waals surface area contributed by atoms with Crippen LogP contribution in [0.2, 0.25) is 0 Å². The number of alkyl halides is 1. The van der Waals surface area contributed by atoms with Gasteiger partial charge in [0.05, 0.1) is 11.5 Å². The Balaban J connectivity index is 5.24. The highest BCUT2D eigenvalue weighted by Crippen LogP contribution is 2.39. The topological polar surface area (TPSA) is 80.3 Å². The van der Waals surface area contributed by atoms with Crippen molar-refractivity contribution in [2.75, 3.05) is 6.26 Å². The minimum Gasteiger partial charge on any atom is -0.346 e. The molecule has 0 aromatic carbocycles. The average Bonchev–Trinajstić information content (AvgIpc) is 2.44. The van der Waals surface area contributed by atoms with Crippen molar-refractivity contribution in [1.82, 2.24) is 5.32 Å². The van der Waals surface area contributed by atoms with Crippen molar-refractivity contribution >= 4 is 34.4 Å². The van der Waals surface area contributed by atoms with Gasteiger partial charge in [-0.1, -0.05) is 39.5 Å². The van der Waals surface area contributed by atoms with Crippen LogP contribution in [0.1, 0.15) is 48.0 Å². The van der Waals surface area contributed by atoms with Crippen LogP contribution in [0.5, 0.6) is 0 Å². The van der Waals surface area contributed by atoms with Gasteiger partial charge in [-0.15, -0.1) is 0 Å². The van der Waals surface area contributed by atoms with E-state index in [9.17, 15) is 23.6 Å². The molecule has 0 aliphatic heterocycles. The minimum absolute atomic E-state index is 0.169. The van der Waals surface area contributed by atoms with Gasteiger partial charge in [0, 0.05) is 11.8 Å². The van der Waals surface area contributed by atoms with Crippen molar-refractivity contribution in [2.45, 2.75) is 60.2 Å². The molecule has 7 heteroatoms. The van der Waals surface area contributed by atoms with Crippen LogP contribution in [0, 0.1) is 10.8 Å². The molecule has 0 bridgehead atoms. The van der Waals surface area contributed by atoms with E-state index in [4.69, 9.17) is 0 Å². The van der Waals surface area contributed by atoms with Gasteiger partial charge in [-0.05, 0) is 20.1 Å². The first-order chi connectivity index (χ1) is 10.3. The molecule has 0 rings (SSSR count). The van der Waals surface area contributed by atoms with Gasteiger partial charge in [0.2, 0.25) is 11.0 Å². The molecule has 5 nitrogen and oxygen atoms in total. The first kappa shape index (κ1) is 21.8. The van der Waals surface area contributed by atoms with Crippen LogP contribution in [0.4, 0.5) is 4.39 Å². The summed E-state index contributed by atoms with van der Waals surface area (Å²) in [6, 6.07) is -1.10. The molecule has 2 unspecified atom stereocenters. The number of Topliss-reactive ketones (excluding diaryl/α,β-unsaturated/α-hetero) is 2. The fraction of sp³-hybridized carbons (Fsp3) is 0.750. The van der Waals surface area contributed by atoms with Gasteiger partial charge < -0.3 is 5.32 Å². The lowest BCUT2D eigenvalue weighted by molar-refractivity contribution is -0.146. The van der Waals surface area contributed by atoms with E-state index in [2.05, 4.69) is 5.32 Å². The van der Waals surface area contributed by atoms with Crippen LogP contribution in [-0.4, -0.2) is 41.1 Å². The van der Waals surface area contributed by atoms with Crippen molar-refractivity contribution in [1.29, 1.82) is 0 Å². The maximum atomic E-state index is 13.8. The molecule has 0 saturated carbocycles. The molecule has 23 heavy (non-hydrogen) atoms. The molecule has 0 aliphatic rings. The zero-order valence-electron chi connectivity index (χ0n) is 14.8. The summed E-state index contributed by atoms with van der Waals surface area (Å²) in [6.45, 7) is 9.11. The largest absolute Gasteiger partial charge is 0.346 e. The minimum atomic E-state index is -1.83. The highest BCUT2D eigenvalue weighted by atomic mass is 32.2. The lowest BCUT2D eigenvalue weighted by atomic mass is 9.65. The molecule has 0 aromatic heterocycles. The highest BCUT2D eigenvalue weighted by Gasteiger charge is 2.47. The maximum absolute atomic E-state index is 13.8. The SMILES string of the molecule is CSC(=O)C(F)CC(NC(=O)C(C)(C)C(C)(C)C(C)=O)C(C)=O. The smallest absolute Gasteiger partial charge is 0.227 e. The Morgan fingerprint density at radius 3 is 1.87 bits per heavy atom. The molecule has 0 heterocycles. The molecule has 1 N–H and O–H groups in total. The Morgan fingerprint density at radius 2 is 1.52 bits per heavy atom. The van der Waals surface area contributed by atoms with Gasteiger partial charge in [0.1, 0.15) is 5.78 Å². The standard InChI is InChI=1S/C16H26FNO4S/c1-9(19)12(8-11(17)13(21)23-7)18-14(22)16(5,6)15(3,4)10(2)20/h11-12H,8H2,1-7H3,(H,18,22). The van der Waals surface area contributed by atoms with Crippen LogP contribution in [0.3, 0.4) is 0 Å². The first-order valence-corrected chi connectivity index (χ1v) is 8.55. The van der Waals surface area contributed by atoms with Gasteiger partial charge in [-0.3, -0.25) is 19.2 Å². The molecule has 1 amide bonds. The molecule has 2 atom stereocenters. The fourth-order valence-corrected chi connectivity index (χ4v) is 2.17. The molecule has 0 saturated heterocycles. The van der Waals surface area contributed by atoms with Crippen LogP contribution in [-0.2, 0) is 19.2 Å². The molecular formula is C16H26FNO4S. The predicted octanol–water partition coefficient (Wildman–Crippen LogP) is 2.32. The molecule has 0 spiro atoms. The predicted molar refractivity (Wildman–Crippen MR) is 88.9 cm³/mol. The Morgan fingerprint density at radius 1 is 1.04 bits per heavy atom. The van der Waals surface area contributed by atoms with E-state index in [1.807, 2.05) is 0 Å². The van der Waals surface area contributed by atoms with Crippen molar-refractivity contribution in [3.63, 3.8) is 0 Å². The number of hydrogen-bond acceptors (Lipinski definition) is 5. The quantitative estimate of drug-likeness (QED) is 0.729. The number of rotatable bonds is 8. The van der Waals surface area contributed by atoms with E-state index in [0.717, 1.165) is 11.8 Å². The van der Waals surface area contributed by atoms with Crippen LogP contribution < -0.4 is 5.32 Å². The number of amides is 1. The summed E-state index contributed by atoms with van der Waals surface area (Å²) >= 11 is 0.737. The Bertz CT molecular complexity index is 502. The normalized spacial score (nSPS) is 14.8. The third kappa shape index (κ3) is 5.12. The Kier molecular flexibility index (Phi) is 7.60. The van der Waals surface area contributed by atoms with Gasteiger partial charge in [0.25, 0.3) is 0 Å². The van der Waals surface area contributed by atoms with Gasteiger partial charge >= 0.3 is 0 Å². The van der Waals surface area contributed by atoms with E-state index in [-0.39, 0.29) is 5.78 Å². The lowest BCUT2D eigenvalue weighted by Gasteiger charge is -2.39. The van der Waals surface area contributed by atoms with Gasteiger partial charge in [-0.25, -0.2) is 4.39 Å². The average molecular weight is 347 g/mol. The molecule has 0 radical (unpaired) electrons. The molecule has 0 aromatic rings. The lowest BCUT2D eigenvalue weighted by Crippen LogP contribution is -2.53. The van der Waals surface area contributed by atoms with Crippen molar-refractivity contribution < 1.29 is 23.6 Å². The number of nitrogens with one attached hydrogen (secondary N) is 1. The van der Waals surface area contributed by atoms with Crippen LogP contribution >= 0.6 is 11.8 Å². The zero-order chi connectivity index (χ0) is 18.6. The fourth-order valence-electron chi connectivity index (χ4n) is 1.82. The summed E-state index contributed by atoms with van der Waals surface area (Å²) in [4.78, 5) is 47.3. The summed E-state index contributed by atoms with van der Waals surface area (Å²) in [6.07, 6.45) is -0.783. The first-order valence-electron chi connectivity index (χ1n) is 7.33. The molecule has 0 fully saturated rings. The molecule has 132 valence electrons. The second kappa shape index (κ2) is 8.04. The summed E-state index contributed by atoms with van der Waals surface area (Å²) in [5.74, 6) is -1.13. The summed E-state index contributed by atoms with van der Waals surface area (Å²) < 4.78 is 13.8.